The number of unbranched alkanes of at least 4 members (excludes halogenated alkanes) is 4. The van der Waals surface area contributed by atoms with Crippen LogP contribution in [0.2, 0.25) is 0 Å². The molecule has 0 fully saturated rings. The molecule has 0 saturated heterocycles. The Morgan fingerprint density at radius 1 is 1.08 bits per heavy atom. The van der Waals surface area contributed by atoms with Crippen molar-refractivity contribution in [1.82, 2.24) is 0 Å². The van der Waals surface area contributed by atoms with Crippen molar-refractivity contribution in [2.24, 2.45) is 0 Å². The molecule has 1 heterocycles. The molecule has 138 valence electrons. The van der Waals surface area contributed by atoms with Crippen molar-refractivity contribution in [3.05, 3.63) is 64.7 Å². The Morgan fingerprint density at radius 2 is 1.85 bits per heavy atom. The van der Waals surface area contributed by atoms with E-state index in [1.54, 1.807) is 18.2 Å². The summed E-state index contributed by atoms with van der Waals surface area (Å²) in [6.07, 6.45) is 9.48. The first-order valence-electron chi connectivity index (χ1n) is 9.79. The minimum absolute atomic E-state index is 0.0526. The molecule has 0 radical (unpaired) electrons. The minimum Gasteiger partial charge on any atom is -0.485 e. The van der Waals surface area contributed by atoms with Crippen molar-refractivity contribution < 1.29 is 14.6 Å². The van der Waals surface area contributed by atoms with Crippen LogP contribution in [0.25, 0.3) is 0 Å². The lowest BCUT2D eigenvalue weighted by Crippen LogP contribution is -2.15. The molecule has 3 nitrogen and oxygen atoms in total. The van der Waals surface area contributed by atoms with E-state index in [1.807, 2.05) is 0 Å². The second kappa shape index (κ2) is 8.88. The summed E-state index contributed by atoms with van der Waals surface area (Å²) >= 11 is 0. The summed E-state index contributed by atoms with van der Waals surface area (Å²) in [5, 5.41) is 9.11. The topological polar surface area (TPSA) is 46.5 Å². The third-order valence-corrected chi connectivity index (χ3v) is 5.17. The lowest BCUT2D eigenvalue weighted by Gasteiger charge is -2.26. The van der Waals surface area contributed by atoms with Gasteiger partial charge in [-0.1, -0.05) is 56.9 Å². The number of ether oxygens (including phenoxy) is 1. The van der Waals surface area contributed by atoms with Crippen LogP contribution < -0.4 is 4.74 Å². The number of carboxylic acid groups (broad SMARTS) is 1. The first-order valence-corrected chi connectivity index (χ1v) is 9.79. The van der Waals surface area contributed by atoms with Crippen LogP contribution in [0.1, 0.15) is 78.6 Å². The minimum atomic E-state index is -0.889. The number of rotatable bonds is 8. The average Bonchev–Trinajstić information content (AvgIpc) is 2.67. The van der Waals surface area contributed by atoms with Crippen molar-refractivity contribution in [2.45, 2.75) is 64.4 Å². The Kier molecular flexibility index (Phi) is 6.32. The predicted molar refractivity (Wildman–Crippen MR) is 104 cm³/mol. The van der Waals surface area contributed by atoms with Gasteiger partial charge < -0.3 is 9.84 Å². The van der Waals surface area contributed by atoms with E-state index in [-0.39, 0.29) is 6.10 Å². The molecular weight excluding hydrogens is 324 g/mol. The summed E-state index contributed by atoms with van der Waals surface area (Å²) in [6.45, 7) is 2.25. The fraction of sp³-hybridized carbons (Fsp3) is 0.435. The molecule has 1 N–H and O–H groups in total. The van der Waals surface area contributed by atoms with Gasteiger partial charge in [0.25, 0.3) is 0 Å². The van der Waals surface area contributed by atoms with E-state index < -0.39 is 5.97 Å². The van der Waals surface area contributed by atoms with E-state index in [4.69, 9.17) is 9.84 Å². The summed E-state index contributed by atoms with van der Waals surface area (Å²) in [4.78, 5) is 11.1. The third-order valence-electron chi connectivity index (χ3n) is 5.17. The van der Waals surface area contributed by atoms with Gasteiger partial charge in [-0.2, -0.15) is 0 Å². The molecule has 3 rings (SSSR count). The molecule has 0 unspecified atom stereocenters. The van der Waals surface area contributed by atoms with Crippen molar-refractivity contribution in [2.75, 3.05) is 0 Å². The standard InChI is InChI=1S/C23H28O3/c1-2-3-4-5-6-7-17-8-10-18(11-9-17)21-14-12-19-16-20(23(24)25)13-15-22(19)26-21/h8-11,13,15-16,21H,2-7,12,14H2,1H3,(H,24,25)/t21-/m1/s1. The highest BCUT2D eigenvalue weighted by atomic mass is 16.5. The maximum atomic E-state index is 11.1. The first kappa shape index (κ1) is 18.5. The van der Waals surface area contributed by atoms with E-state index >= 15 is 0 Å². The van der Waals surface area contributed by atoms with Gasteiger partial charge in [0.15, 0.2) is 0 Å². The molecule has 1 aliphatic rings. The Morgan fingerprint density at radius 3 is 2.58 bits per heavy atom. The number of hydrogen-bond acceptors (Lipinski definition) is 2. The number of hydrogen-bond donors (Lipinski definition) is 1. The number of fused-ring (bicyclic) bond motifs is 1. The van der Waals surface area contributed by atoms with Gasteiger partial charge in [0.1, 0.15) is 11.9 Å². The van der Waals surface area contributed by atoms with Gasteiger partial charge >= 0.3 is 5.97 Å². The normalized spacial score (nSPS) is 16.0. The number of benzene rings is 2. The zero-order valence-corrected chi connectivity index (χ0v) is 15.5. The molecule has 26 heavy (non-hydrogen) atoms. The van der Waals surface area contributed by atoms with E-state index in [1.165, 1.54) is 43.2 Å². The summed E-state index contributed by atoms with van der Waals surface area (Å²) in [7, 11) is 0. The SMILES string of the molecule is CCCCCCCc1ccc([C@H]2CCc3cc(C(=O)O)ccc3O2)cc1. The highest BCUT2D eigenvalue weighted by molar-refractivity contribution is 5.88. The van der Waals surface area contributed by atoms with Gasteiger partial charge in [0.2, 0.25) is 0 Å². The van der Waals surface area contributed by atoms with E-state index in [0.717, 1.165) is 30.6 Å². The Hall–Kier alpha value is -2.29. The molecule has 1 atom stereocenters. The first-order chi connectivity index (χ1) is 12.7. The molecule has 3 heteroatoms. The Balaban J connectivity index is 1.57. The maximum absolute atomic E-state index is 11.1. The maximum Gasteiger partial charge on any atom is 0.335 e. The molecule has 2 aromatic carbocycles. The Bertz CT molecular complexity index is 734. The van der Waals surface area contributed by atoms with Crippen LogP contribution in [0.5, 0.6) is 5.75 Å². The fourth-order valence-electron chi connectivity index (χ4n) is 3.59. The molecule has 0 aliphatic carbocycles. The summed E-state index contributed by atoms with van der Waals surface area (Å²) in [6, 6.07) is 13.9. The number of carboxylic acids is 1. The van der Waals surface area contributed by atoms with E-state index in [2.05, 4.69) is 31.2 Å². The molecular formula is C23H28O3. The predicted octanol–water partition coefficient (Wildman–Crippen LogP) is 5.96. The monoisotopic (exact) mass is 352 g/mol. The van der Waals surface area contributed by atoms with Crippen LogP contribution in [0.15, 0.2) is 42.5 Å². The van der Waals surface area contributed by atoms with Crippen molar-refractivity contribution in [3.63, 3.8) is 0 Å². The van der Waals surface area contributed by atoms with Gasteiger partial charge in [0.05, 0.1) is 5.56 Å². The zero-order valence-electron chi connectivity index (χ0n) is 15.5. The fourth-order valence-corrected chi connectivity index (χ4v) is 3.59. The molecule has 1 aliphatic heterocycles. The lowest BCUT2D eigenvalue weighted by molar-refractivity contribution is 0.0696. The van der Waals surface area contributed by atoms with Gasteiger partial charge in [-0.05, 0) is 60.6 Å². The summed E-state index contributed by atoms with van der Waals surface area (Å²) in [5.74, 6) is -0.0774. The lowest BCUT2D eigenvalue weighted by atomic mass is 9.95. The second-order valence-electron chi connectivity index (χ2n) is 7.18. The van der Waals surface area contributed by atoms with Gasteiger partial charge in [-0.25, -0.2) is 4.79 Å². The number of aromatic carboxylic acids is 1. The zero-order chi connectivity index (χ0) is 18.4. The summed E-state index contributed by atoms with van der Waals surface area (Å²) in [5.41, 5.74) is 3.92. The molecule has 2 aromatic rings. The largest absolute Gasteiger partial charge is 0.485 e. The van der Waals surface area contributed by atoms with Crippen LogP contribution in [0.4, 0.5) is 0 Å². The van der Waals surface area contributed by atoms with Gasteiger partial charge in [0, 0.05) is 0 Å². The van der Waals surface area contributed by atoms with Crippen LogP contribution in [-0.2, 0) is 12.8 Å². The van der Waals surface area contributed by atoms with Crippen LogP contribution >= 0.6 is 0 Å². The quantitative estimate of drug-likeness (QED) is 0.596. The van der Waals surface area contributed by atoms with Crippen LogP contribution in [0.3, 0.4) is 0 Å². The van der Waals surface area contributed by atoms with Crippen molar-refractivity contribution in [1.29, 1.82) is 0 Å². The van der Waals surface area contributed by atoms with E-state index in [0.29, 0.717) is 5.56 Å². The van der Waals surface area contributed by atoms with Crippen molar-refractivity contribution >= 4 is 5.97 Å². The van der Waals surface area contributed by atoms with Gasteiger partial charge in [-0.3, -0.25) is 0 Å². The molecule has 0 bridgehead atoms. The third kappa shape index (κ3) is 4.66. The second-order valence-corrected chi connectivity index (χ2v) is 7.18. The smallest absolute Gasteiger partial charge is 0.335 e. The average molecular weight is 352 g/mol. The summed E-state index contributed by atoms with van der Waals surface area (Å²) < 4.78 is 6.13. The molecule has 0 spiro atoms. The number of carbonyl (C=O) groups is 1. The van der Waals surface area contributed by atoms with Gasteiger partial charge in [-0.15, -0.1) is 0 Å². The van der Waals surface area contributed by atoms with E-state index in [9.17, 15) is 4.79 Å². The highest BCUT2D eigenvalue weighted by Gasteiger charge is 2.22. The highest BCUT2D eigenvalue weighted by Crippen LogP contribution is 2.35. The molecule has 0 aromatic heterocycles. The van der Waals surface area contributed by atoms with Crippen molar-refractivity contribution in [3.8, 4) is 5.75 Å². The Labute approximate surface area is 156 Å². The van der Waals surface area contributed by atoms with Crippen LogP contribution in [-0.4, -0.2) is 11.1 Å². The molecule has 0 amide bonds. The molecule has 0 saturated carbocycles. The number of aryl methyl sites for hydroxylation is 2. The van der Waals surface area contributed by atoms with Crippen LogP contribution in [0, 0.1) is 0 Å².